The summed E-state index contributed by atoms with van der Waals surface area (Å²) < 4.78 is 29.7. The molecule has 8 nitrogen and oxygen atoms in total. The van der Waals surface area contributed by atoms with E-state index in [0.717, 1.165) is 31.2 Å². The van der Waals surface area contributed by atoms with Crippen molar-refractivity contribution in [2.45, 2.75) is 37.5 Å². The van der Waals surface area contributed by atoms with Crippen LogP contribution in [-0.2, 0) is 17.1 Å². The van der Waals surface area contributed by atoms with Crippen molar-refractivity contribution >= 4 is 33.0 Å². The van der Waals surface area contributed by atoms with E-state index in [1.807, 2.05) is 13.2 Å². The maximum atomic E-state index is 13.2. The fourth-order valence-electron chi connectivity index (χ4n) is 3.61. The Kier molecular flexibility index (Phi) is 6.22. The highest BCUT2D eigenvalue weighted by atomic mass is 32.2. The number of hydrogen-bond acceptors (Lipinski definition) is 6. The lowest BCUT2D eigenvalue weighted by Crippen LogP contribution is -2.32. The van der Waals surface area contributed by atoms with Crippen LogP contribution in [0.15, 0.2) is 40.9 Å². The summed E-state index contributed by atoms with van der Waals surface area (Å²) in [5.74, 6) is -0.381. The minimum Gasteiger partial charge on any atom is -0.321 e. The van der Waals surface area contributed by atoms with E-state index in [9.17, 15) is 13.2 Å². The van der Waals surface area contributed by atoms with Gasteiger partial charge in [-0.15, -0.1) is 11.3 Å². The van der Waals surface area contributed by atoms with Gasteiger partial charge in [0.1, 0.15) is 10.7 Å². The second-order valence-corrected chi connectivity index (χ2v) is 10.5. The van der Waals surface area contributed by atoms with Gasteiger partial charge in [-0.05, 0) is 37.5 Å². The molecule has 0 atom stereocenters. The Morgan fingerprint density at radius 1 is 1.16 bits per heavy atom. The number of thiazole rings is 1. The first-order valence-electron chi connectivity index (χ1n) is 10.2. The third-order valence-electron chi connectivity index (χ3n) is 5.32. The molecule has 1 fully saturated rings. The molecule has 1 saturated heterocycles. The molecule has 0 spiro atoms. The van der Waals surface area contributed by atoms with Crippen LogP contribution >= 0.6 is 11.3 Å². The van der Waals surface area contributed by atoms with Crippen LogP contribution in [0.3, 0.4) is 0 Å². The standard InChI is InChI=1S/C21H25N5O3S2/c1-15-7-8-17(11-19(15)31(28,29)26-9-5-3-4-6-10-26)23-20(27)18-14-30-21(24-18)16-12-22-25(2)13-16/h7-8,11-14H,3-6,9-10H2,1-2H3,(H,23,27). The van der Waals surface area contributed by atoms with Crippen LogP contribution in [0, 0.1) is 6.92 Å². The van der Waals surface area contributed by atoms with Crippen LogP contribution in [-0.4, -0.2) is 46.5 Å². The van der Waals surface area contributed by atoms with E-state index in [0.29, 0.717) is 29.3 Å². The van der Waals surface area contributed by atoms with Crippen molar-refractivity contribution in [3.63, 3.8) is 0 Å². The quantitative estimate of drug-likeness (QED) is 0.628. The molecule has 1 N–H and O–H groups in total. The number of carbonyl (C=O) groups is 1. The maximum Gasteiger partial charge on any atom is 0.275 e. The number of sulfonamides is 1. The zero-order valence-electron chi connectivity index (χ0n) is 17.5. The molecule has 31 heavy (non-hydrogen) atoms. The van der Waals surface area contributed by atoms with E-state index < -0.39 is 10.0 Å². The van der Waals surface area contributed by atoms with E-state index in [1.165, 1.54) is 11.3 Å². The van der Waals surface area contributed by atoms with Crippen molar-refractivity contribution in [3.05, 3.63) is 47.2 Å². The summed E-state index contributed by atoms with van der Waals surface area (Å²) in [6.07, 6.45) is 7.38. The van der Waals surface area contributed by atoms with Crippen molar-refractivity contribution in [1.82, 2.24) is 19.1 Å². The second-order valence-electron chi connectivity index (χ2n) is 7.69. The van der Waals surface area contributed by atoms with E-state index in [1.54, 1.807) is 45.7 Å². The fourth-order valence-corrected chi connectivity index (χ4v) is 6.16. The molecule has 10 heteroatoms. The number of amides is 1. The summed E-state index contributed by atoms with van der Waals surface area (Å²) >= 11 is 1.36. The summed E-state index contributed by atoms with van der Waals surface area (Å²) in [5, 5.41) is 9.29. The largest absolute Gasteiger partial charge is 0.321 e. The van der Waals surface area contributed by atoms with Gasteiger partial charge in [0, 0.05) is 43.0 Å². The molecule has 0 aliphatic carbocycles. The molecule has 1 aliphatic heterocycles. The van der Waals surface area contributed by atoms with Crippen LogP contribution in [0.2, 0.25) is 0 Å². The number of nitrogens with one attached hydrogen (secondary N) is 1. The van der Waals surface area contributed by atoms with Gasteiger partial charge < -0.3 is 5.32 Å². The van der Waals surface area contributed by atoms with Crippen LogP contribution in [0.4, 0.5) is 5.69 Å². The number of aryl methyl sites for hydroxylation is 2. The Labute approximate surface area is 186 Å². The second kappa shape index (κ2) is 8.89. The summed E-state index contributed by atoms with van der Waals surface area (Å²) in [6, 6.07) is 4.98. The molecule has 0 unspecified atom stereocenters. The van der Waals surface area contributed by atoms with Crippen molar-refractivity contribution in [1.29, 1.82) is 0 Å². The van der Waals surface area contributed by atoms with Crippen molar-refractivity contribution < 1.29 is 13.2 Å². The minimum absolute atomic E-state index is 0.238. The van der Waals surface area contributed by atoms with Gasteiger partial charge in [-0.2, -0.15) is 9.40 Å². The van der Waals surface area contributed by atoms with Gasteiger partial charge >= 0.3 is 0 Å². The van der Waals surface area contributed by atoms with Gasteiger partial charge in [-0.25, -0.2) is 13.4 Å². The number of carbonyl (C=O) groups excluding carboxylic acids is 1. The molecular formula is C21H25N5O3S2. The summed E-state index contributed by atoms with van der Waals surface area (Å²) in [6.45, 7) is 2.85. The molecular weight excluding hydrogens is 434 g/mol. The van der Waals surface area contributed by atoms with Gasteiger partial charge in [0.25, 0.3) is 5.91 Å². The Morgan fingerprint density at radius 3 is 2.58 bits per heavy atom. The highest BCUT2D eigenvalue weighted by Gasteiger charge is 2.27. The first-order chi connectivity index (χ1) is 14.8. The lowest BCUT2D eigenvalue weighted by molar-refractivity contribution is 0.102. The predicted octanol–water partition coefficient (Wildman–Crippen LogP) is 3.67. The number of nitrogens with zero attached hydrogens (tertiary/aromatic N) is 4. The molecule has 3 heterocycles. The number of benzene rings is 1. The average molecular weight is 460 g/mol. The molecule has 0 saturated carbocycles. The van der Waals surface area contributed by atoms with Crippen molar-refractivity contribution in [2.75, 3.05) is 18.4 Å². The lowest BCUT2D eigenvalue weighted by atomic mass is 10.2. The molecule has 0 radical (unpaired) electrons. The Hall–Kier alpha value is -2.56. The summed E-state index contributed by atoms with van der Waals surface area (Å²) in [5.41, 5.74) is 2.21. The summed E-state index contributed by atoms with van der Waals surface area (Å²) in [4.78, 5) is 17.3. The lowest BCUT2D eigenvalue weighted by Gasteiger charge is -2.21. The molecule has 2 aromatic heterocycles. The number of anilines is 1. The summed E-state index contributed by atoms with van der Waals surface area (Å²) in [7, 11) is -1.79. The van der Waals surface area contributed by atoms with Crippen molar-refractivity contribution in [3.8, 4) is 10.6 Å². The van der Waals surface area contributed by atoms with Gasteiger partial charge in [0.2, 0.25) is 10.0 Å². The number of hydrogen-bond donors (Lipinski definition) is 1. The van der Waals surface area contributed by atoms with Crippen LogP contribution in [0.5, 0.6) is 0 Å². The zero-order chi connectivity index (χ0) is 22.0. The zero-order valence-corrected chi connectivity index (χ0v) is 19.2. The minimum atomic E-state index is -3.61. The van der Waals surface area contributed by atoms with Crippen LogP contribution in [0.1, 0.15) is 41.7 Å². The van der Waals surface area contributed by atoms with E-state index in [-0.39, 0.29) is 16.5 Å². The first kappa shape index (κ1) is 21.7. The van der Waals surface area contributed by atoms with E-state index in [2.05, 4.69) is 15.4 Å². The van der Waals surface area contributed by atoms with Crippen molar-refractivity contribution in [2.24, 2.45) is 7.05 Å². The topological polar surface area (TPSA) is 97.2 Å². The molecule has 1 amide bonds. The third kappa shape index (κ3) is 4.70. The third-order valence-corrected chi connectivity index (χ3v) is 8.25. The van der Waals surface area contributed by atoms with Gasteiger partial charge in [0.15, 0.2) is 0 Å². The first-order valence-corrected chi connectivity index (χ1v) is 12.5. The van der Waals surface area contributed by atoms with E-state index >= 15 is 0 Å². The highest BCUT2D eigenvalue weighted by molar-refractivity contribution is 7.89. The van der Waals surface area contributed by atoms with Crippen LogP contribution in [0.25, 0.3) is 10.6 Å². The molecule has 1 aliphatic rings. The van der Waals surface area contributed by atoms with Gasteiger partial charge in [-0.3, -0.25) is 9.48 Å². The SMILES string of the molecule is Cc1ccc(NC(=O)c2csc(-c3cnn(C)c3)n2)cc1S(=O)(=O)N1CCCCCC1. The normalized spacial score (nSPS) is 15.5. The predicted molar refractivity (Wildman–Crippen MR) is 121 cm³/mol. The monoisotopic (exact) mass is 459 g/mol. The average Bonchev–Trinajstić information content (AvgIpc) is 3.30. The Morgan fingerprint density at radius 2 is 1.90 bits per heavy atom. The number of rotatable bonds is 5. The number of aromatic nitrogens is 3. The molecule has 164 valence electrons. The van der Waals surface area contributed by atoms with E-state index in [4.69, 9.17) is 0 Å². The maximum absolute atomic E-state index is 13.2. The molecule has 0 bridgehead atoms. The molecule has 3 aromatic rings. The van der Waals surface area contributed by atoms with Gasteiger partial charge in [0.05, 0.1) is 11.1 Å². The Balaban J connectivity index is 1.54. The highest BCUT2D eigenvalue weighted by Crippen LogP contribution is 2.27. The van der Waals surface area contributed by atoms with Crippen LogP contribution < -0.4 is 5.32 Å². The fraction of sp³-hybridized carbons (Fsp3) is 0.381. The molecule has 1 aromatic carbocycles. The molecule has 4 rings (SSSR count). The van der Waals surface area contributed by atoms with Gasteiger partial charge in [-0.1, -0.05) is 18.9 Å². The smallest absolute Gasteiger partial charge is 0.275 e. The Bertz CT molecular complexity index is 1190.